The molecule has 0 saturated carbocycles. The summed E-state index contributed by atoms with van der Waals surface area (Å²) in [6.45, 7) is 6.22. The van der Waals surface area contributed by atoms with Crippen molar-refractivity contribution in [1.82, 2.24) is 4.90 Å². The van der Waals surface area contributed by atoms with Crippen LogP contribution in [0.15, 0.2) is 30.9 Å². The van der Waals surface area contributed by atoms with E-state index in [1.165, 1.54) is 23.1 Å². The Morgan fingerprint density at radius 3 is 2.81 bits per heavy atom. The molecule has 0 atom stereocenters. The van der Waals surface area contributed by atoms with E-state index in [4.69, 9.17) is 11.6 Å². The minimum atomic E-state index is -0.597. The molecule has 0 aromatic heterocycles. The van der Waals surface area contributed by atoms with E-state index < -0.39 is 11.7 Å². The van der Waals surface area contributed by atoms with Crippen molar-refractivity contribution < 1.29 is 9.18 Å². The molecule has 1 rings (SSSR count). The molecule has 16 heavy (non-hydrogen) atoms. The Hall–Kier alpha value is -1.35. The molecular weight excluding hydrogens is 229 g/mol. The van der Waals surface area contributed by atoms with Crippen LogP contribution in [0.5, 0.6) is 0 Å². The maximum atomic E-state index is 13.5. The molecular formula is C12H13ClFNO. The van der Waals surface area contributed by atoms with Gasteiger partial charge in [-0.15, -0.1) is 6.58 Å². The van der Waals surface area contributed by atoms with Gasteiger partial charge in [0.25, 0.3) is 5.91 Å². The summed E-state index contributed by atoms with van der Waals surface area (Å²) in [4.78, 5) is 13.4. The van der Waals surface area contributed by atoms with Gasteiger partial charge in [-0.3, -0.25) is 4.79 Å². The van der Waals surface area contributed by atoms with E-state index in [1.807, 2.05) is 6.92 Å². The number of hydrogen-bond acceptors (Lipinski definition) is 1. The van der Waals surface area contributed by atoms with E-state index >= 15 is 0 Å². The van der Waals surface area contributed by atoms with Gasteiger partial charge in [0.2, 0.25) is 0 Å². The largest absolute Gasteiger partial charge is 0.335 e. The molecule has 0 aliphatic rings. The first-order valence-corrected chi connectivity index (χ1v) is 5.33. The van der Waals surface area contributed by atoms with Crippen LogP contribution in [0.2, 0.25) is 5.02 Å². The zero-order valence-corrected chi connectivity index (χ0v) is 9.80. The second kappa shape index (κ2) is 5.66. The molecule has 2 nitrogen and oxygen atoms in total. The van der Waals surface area contributed by atoms with Crippen LogP contribution in [0.3, 0.4) is 0 Å². The molecule has 0 N–H and O–H groups in total. The molecule has 0 bridgehead atoms. The van der Waals surface area contributed by atoms with Crippen molar-refractivity contribution in [1.29, 1.82) is 0 Å². The summed E-state index contributed by atoms with van der Waals surface area (Å²) in [6.07, 6.45) is 1.59. The highest BCUT2D eigenvalue weighted by atomic mass is 35.5. The maximum absolute atomic E-state index is 13.5. The SMILES string of the molecule is C=CCN(CC)C(=O)c1c(F)cccc1Cl. The first-order chi connectivity index (χ1) is 7.61. The Balaban J connectivity index is 3.07. The average molecular weight is 242 g/mol. The minimum absolute atomic E-state index is 0.0760. The van der Waals surface area contributed by atoms with E-state index in [0.29, 0.717) is 13.1 Å². The van der Waals surface area contributed by atoms with Crippen LogP contribution in [-0.4, -0.2) is 23.9 Å². The van der Waals surface area contributed by atoms with E-state index in [1.54, 1.807) is 6.08 Å². The fourth-order valence-electron chi connectivity index (χ4n) is 1.37. The zero-order chi connectivity index (χ0) is 12.1. The predicted molar refractivity (Wildman–Crippen MR) is 63.2 cm³/mol. The molecule has 86 valence electrons. The Morgan fingerprint density at radius 2 is 2.31 bits per heavy atom. The summed E-state index contributed by atoms with van der Waals surface area (Å²) < 4.78 is 13.5. The van der Waals surface area contributed by atoms with Crippen molar-refractivity contribution in [2.75, 3.05) is 13.1 Å². The van der Waals surface area contributed by atoms with Gasteiger partial charge in [-0.05, 0) is 19.1 Å². The van der Waals surface area contributed by atoms with E-state index in [9.17, 15) is 9.18 Å². The topological polar surface area (TPSA) is 20.3 Å². The van der Waals surface area contributed by atoms with Gasteiger partial charge in [-0.25, -0.2) is 4.39 Å². The van der Waals surface area contributed by atoms with Gasteiger partial charge in [0, 0.05) is 13.1 Å². The number of hydrogen-bond donors (Lipinski definition) is 0. The van der Waals surface area contributed by atoms with E-state index in [2.05, 4.69) is 6.58 Å². The quantitative estimate of drug-likeness (QED) is 0.742. The molecule has 0 aliphatic carbocycles. The Labute approximate surface area is 99.3 Å². The highest BCUT2D eigenvalue weighted by Crippen LogP contribution is 2.20. The van der Waals surface area contributed by atoms with Crippen molar-refractivity contribution in [3.05, 3.63) is 47.3 Å². The summed E-state index contributed by atoms with van der Waals surface area (Å²) in [7, 11) is 0. The second-order valence-corrected chi connectivity index (χ2v) is 3.64. The number of carbonyl (C=O) groups excluding carboxylic acids is 1. The van der Waals surface area contributed by atoms with Crippen molar-refractivity contribution in [2.24, 2.45) is 0 Å². The minimum Gasteiger partial charge on any atom is -0.335 e. The average Bonchev–Trinajstić information content (AvgIpc) is 2.25. The van der Waals surface area contributed by atoms with Crippen molar-refractivity contribution >= 4 is 17.5 Å². The van der Waals surface area contributed by atoms with Crippen molar-refractivity contribution in [3.8, 4) is 0 Å². The fourth-order valence-corrected chi connectivity index (χ4v) is 1.62. The summed E-state index contributed by atoms with van der Waals surface area (Å²) >= 11 is 5.81. The molecule has 0 radical (unpaired) electrons. The molecule has 0 fully saturated rings. The van der Waals surface area contributed by atoms with Gasteiger partial charge in [0.15, 0.2) is 0 Å². The standard InChI is InChI=1S/C12H13ClFNO/c1-3-8-15(4-2)12(16)11-9(13)6-5-7-10(11)14/h3,5-7H,1,4,8H2,2H3. The van der Waals surface area contributed by atoms with Crippen molar-refractivity contribution in [2.45, 2.75) is 6.92 Å². The first-order valence-electron chi connectivity index (χ1n) is 4.96. The van der Waals surface area contributed by atoms with Crippen LogP contribution in [-0.2, 0) is 0 Å². The lowest BCUT2D eigenvalue weighted by Crippen LogP contribution is -2.31. The summed E-state index contributed by atoms with van der Waals surface area (Å²) in [6, 6.07) is 4.19. The maximum Gasteiger partial charge on any atom is 0.258 e. The fraction of sp³-hybridized carbons (Fsp3) is 0.250. The molecule has 4 heteroatoms. The smallest absolute Gasteiger partial charge is 0.258 e. The number of benzene rings is 1. The Morgan fingerprint density at radius 1 is 1.62 bits per heavy atom. The third-order valence-electron chi connectivity index (χ3n) is 2.20. The van der Waals surface area contributed by atoms with Gasteiger partial charge in [0.1, 0.15) is 5.82 Å². The van der Waals surface area contributed by atoms with Crippen LogP contribution in [0.25, 0.3) is 0 Å². The highest BCUT2D eigenvalue weighted by Gasteiger charge is 2.19. The molecule has 0 saturated heterocycles. The Bertz CT molecular complexity index is 386. The van der Waals surface area contributed by atoms with Crippen LogP contribution in [0.1, 0.15) is 17.3 Å². The number of rotatable bonds is 4. The van der Waals surface area contributed by atoms with Crippen LogP contribution < -0.4 is 0 Å². The molecule has 0 heterocycles. The van der Waals surface area contributed by atoms with Gasteiger partial charge in [-0.2, -0.15) is 0 Å². The highest BCUT2D eigenvalue weighted by molar-refractivity contribution is 6.33. The second-order valence-electron chi connectivity index (χ2n) is 3.23. The normalized spacial score (nSPS) is 9.94. The summed E-state index contributed by atoms with van der Waals surface area (Å²) in [5.74, 6) is -1.01. The lowest BCUT2D eigenvalue weighted by Gasteiger charge is -2.19. The van der Waals surface area contributed by atoms with Crippen LogP contribution in [0.4, 0.5) is 4.39 Å². The van der Waals surface area contributed by atoms with Gasteiger partial charge in [0.05, 0.1) is 10.6 Å². The molecule has 0 spiro atoms. The van der Waals surface area contributed by atoms with Gasteiger partial charge < -0.3 is 4.90 Å². The lowest BCUT2D eigenvalue weighted by atomic mass is 10.2. The zero-order valence-electron chi connectivity index (χ0n) is 9.04. The third kappa shape index (κ3) is 2.61. The summed E-state index contributed by atoms with van der Waals surface area (Å²) in [5, 5.41) is 0.132. The number of likely N-dealkylation sites (N-methyl/N-ethyl adjacent to an activating group) is 1. The van der Waals surface area contributed by atoms with Crippen LogP contribution >= 0.6 is 11.6 Å². The predicted octanol–water partition coefficient (Wildman–Crippen LogP) is 3.13. The molecule has 0 aliphatic heterocycles. The third-order valence-corrected chi connectivity index (χ3v) is 2.51. The number of amides is 1. The van der Waals surface area contributed by atoms with Gasteiger partial charge >= 0.3 is 0 Å². The molecule has 1 aromatic rings. The number of carbonyl (C=O) groups is 1. The summed E-state index contributed by atoms with van der Waals surface area (Å²) in [5.41, 5.74) is -0.0760. The van der Waals surface area contributed by atoms with E-state index in [0.717, 1.165) is 0 Å². The molecule has 1 aromatic carbocycles. The first kappa shape index (κ1) is 12.7. The number of nitrogens with zero attached hydrogens (tertiary/aromatic N) is 1. The van der Waals surface area contributed by atoms with Gasteiger partial charge in [-0.1, -0.05) is 23.7 Å². The molecule has 1 amide bonds. The monoisotopic (exact) mass is 241 g/mol. The van der Waals surface area contributed by atoms with Crippen molar-refractivity contribution in [3.63, 3.8) is 0 Å². The van der Waals surface area contributed by atoms with Crippen LogP contribution in [0, 0.1) is 5.82 Å². The number of halogens is 2. The Kier molecular flexibility index (Phi) is 4.50. The molecule has 0 unspecified atom stereocenters. The van der Waals surface area contributed by atoms with E-state index in [-0.39, 0.29) is 10.6 Å². The lowest BCUT2D eigenvalue weighted by molar-refractivity contribution is 0.0777.